The van der Waals surface area contributed by atoms with Crippen molar-refractivity contribution in [3.63, 3.8) is 0 Å². The van der Waals surface area contributed by atoms with Gasteiger partial charge < -0.3 is 9.15 Å². The Morgan fingerprint density at radius 3 is 3.06 bits per heavy atom. The lowest BCUT2D eigenvalue weighted by Gasteiger charge is -2.00. The molecule has 0 aromatic carbocycles. The van der Waals surface area contributed by atoms with E-state index in [9.17, 15) is 4.79 Å². The molecule has 2 aromatic heterocycles. The minimum absolute atomic E-state index is 0.0953. The molecule has 2 heterocycles. The quantitative estimate of drug-likeness (QED) is 0.727. The number of methoxy groups -OCH3 is 1. The fraction of sp³-hybridized carbons (Fsp3) is 0.182. The molecule has 2 rings (SSSR count). The van der Waals surface area contributed by atoms with E-state index in [1.807, 2.05) is 0 Å². The van der Waals surface area contributed by atoms with E-state index in [4.69, 9.17) is 9.15 Å². The van der Waals surface area contributed by atoms with Gasteiger partial charge in [0.25, 0.3) is 0 Å². The molecule has 0 saturated carbocycles. The fourth-order valence-corrected chi connectivity index (χ4v) is 1.27. The Labute approximate surface area is 92.1 Å². The smallest absolute Gasteiger partial charge is 0.216 e. The zero-order chi connectivity index (χ0) is 11.4. The molecule has 0 atom stereocenters. The number of carbonyl (C=O) groups is 1. The second-order valence-corrected chi connectivity index (χ2v) is 3.18. The molecule has 16 heavy (non-hydrogen) atoms. The van der Waals surface area contributed by atoms with Crippen LogP contribution in [-0.4, -0.2) is 22.9 Å². The second kappa shape index (κ2) is 4.57. The molecule has 2 aromatic rings. The number of hydrogen-bond donors (Lipinski definition) is 0. The monoisotopic (exact) mass is 218 g/mol. The highest BCUT2D eigenvalue weighted by atomic mass is 16.5. The standard InChI is InChI=1S/C11H10N2O3/c1-15-11-5-9(12-7-13-11)10(14)4-8-2-3-16-6-8/h2-3,5-7H,4H2,1H3. The van der Waals surface area contributed by atoms with Crippen molar-refractivity contribution < 1.29 is 13.9 Å². The van der Waals surface area contributed by atoms with E-state index < -0.39 is 0 Å². The van der Waals surface area contributed by atoms with Crippen LogP contribution in [0.5, 0.6) is 5.88 Å². The van der Waals surface area contributed by atoms with E-state index in [1.165, 1.54) is 32.0 Å². The van der Waals surface area contributed by atoms with Gasteiger partial charge in [-0.3, -0.25) is 4.79 Å². The highest BCUT2D eigenvalue weighted by molar-refractivity contribution is 5.95. The van der Waals surface area contributed by atoms with Gasteiger partial charge in [0.2, 0.25) is 5.88 Å². The summed E-state index contributed by atoms with van der Waals surface area (Å²) >= 11 is 0. The zero-order valence-electron chi connectivity index (χ0n) is 8.71. The Kier molecular flexibility index (Phi) is 2.95. The van der Waals surface area contributed by atoms with Gasteiger partial charge in [-0.25, -0.2) is 9.97 Å². The lowest BCUT2D eigenvalue weighted by atomic mass is 10.1. The Hall–Kier alpha value is -2.17. The lowest BCUT2D eigenvalue weighted by Crippen LogP contribution is -2.06. The first-order valence-electron chi connectivity index (χ1n) is 4.70. The van der Waals surface area contributed by atoms with E-state index in [1.54, 1.807) is 6.07 Å². The first kappa shape index (κ1) is 10.4. The third-order valence-electron chi connectivity index (χ3n) is 2.08. The number of ketones is 1. The molecular weight excluding hydrogens is 208 g/mol. The summed E-state index contributed by atoms with van der Waals surface area (Å²) in [6.45, 7) is 0. The van der Waals surface area contributed by atoms with Gasteiger partial charge in [0.15, 0.2) is 5.78 Å². The molecule has 0 amide bonds. The van der Waals surface area contributed by atoms with Crippen molar-refractivity contribution in [2.75, 3.05) is 7.11 Å². The van der Waals surface area contributed by atoms with Crippen LogP contribution < -0.4 is 4.74 Å². The van der Waals surface area contributed by atoms with Gasteiger partial charge in [-0.2, -0.15) is 0 Å². The molecule has 0 spiro atoms. The maximum Gasteiger partial charge on any atom is 0.216 e. The maximum absolute atomic E-state index is 11.8. The van der Waals surface area contributed by atoms with Crippen molar-refractivity contribution in [1.82, 2.24) is 9.97 Å². The molecule has 0 N–H and O–H groups in total. The van der Waals surface area contributed by atoms with Gasteiger partial charge in [-0.05, 0) is 11.6 Å². The van der Waals surface area contributed by atoms with E-state index in [-0.39, 0.29) is 12.2 Å². The van der Waals surface area contributed by atoms with Crippen LogP contribution >= 0.6 is 0 Å². The van der Waals surface area contributed by atoms with Crippen molar-refractivity contribution >= 4 is 5.78 Å². The van der Waals surface area contributed by atoms with Crippen molar-refractivity contribution in [3.05, 3.63) is 42.2 Å². The van der Waals surface area contributed by atoms with Gasteiger partial charge in [0, 0.05) is 12.5 Å². The van der Waals surface area contributed by atoms with E-state index >= 15 is 0 Å². The van der Waals surface area contributed by atoms with Crippen LogP contribution in [0.15, 0.2) is 35.4 Å². The van der Waals surface area contributed by atoms with Crippen molar-refractivity contribution in [1.29, 1.82) is 0 Å². The average molecular weight is 218 g/mol. The lowest BCUT2D eigenvalue weighted by molar-refractivity contribution is 0.0987. The molecule has 0 unspecified atom stereocenters. The maximum atomic E-state index is 11.8. The first-order chi connectivity index (χ1) is 7.79. The van der Waals surface area contributed by atoms with Crippen LogP contribution in [0.3, 0.4) is 0 Å². The molecule has 0 saturated heterocycles. The van der Waals surface area contributed by atoms with Gasteiger partial charge >= 0.3 is 0 Å². The largest absolute Gasteiger partial charge is 0.481 e. The van der Waals surface area contributed by atoms with Gasteiger partial charge in [0.05, 0.1) is 19.6 Å². The van der Waals surface area contributed by atoms with Crippen molar-refractivity contribution in [2.45, 2.75) is 6.42 Å². The van der Waals surface area contributed by atoms with Crippen LogP contribution in [0.2, 0.25) is 0 Å². The summed E-state index contributed by atoms with van der Waals surface area (Å²) in [7, 11) is 1.49. The van der Waals surface area contributed by atoms with Gasteiger partial charge in [0.1, 0.15) is 12.0 Å². The molecule has 0 aliphatic carbocycles. The number of rotatable bonds is 4. The number of carbonyl (C=O) groups excluding carboxylic acids is 1. The van der Waals surface area contributed by atoms with Crippen LogP contribution in [0.4, 0.5) is 0 Å². The normalized spacial score (nSPS) is 10.1. The summed E-state index contributed by atoms with van der Waals surface area (Å²) in [5.74, 6) is 0.285. The molecule has 0 aliphatic heterocycles. The summed E-state index contributed by atoms with van der Waals surface area (Å²) < 4.78 is 9.80. The van der Waals surface area contributed by atoms with Crippen LogP contribution in [0.1, 0.15) is 16.1 Å². The molecule has 0 bridgehead atoms. The Bertz CT molecular complexity index is 480. The van der Waals surface area contributed by atoms with E-state index in [2.05, 4.69) is 9.97 Å². The van der Waals surface area contributed by atoms with Crippen molar-refractivity contribution in [3.8, 4) is 5.88 Å². The minimum atomic E-state index is -0.0953. The van der Waals surface area contributed by atoms with E-state index in [0.29, 0.717) is 11.6 Å². The number of furan rings is 1. The minimum Gasteiger partial charge on any atom is -0.481 e. The molecule has 5 heteroatoms. The average Bonchev–Trinajstić information content (AvgIpc) is 2.82. The first-order valence-corrected chi connectivity index (χ1v) is 4.70. The Morgan fingerprint density at radius 1 is 1.50 bits per heavy atom. The summed E-state index contributed by atoms with van der Waals surface area (Å²) in [6, 6.07) is 3.26. The van der Waals surface area contributed by atoms with Gasteiger partial charge in [-0.15, -0.1) is 0 Å². The number of aromatic nitrogens is 2. The Balaban J connectivity index is 2.14. The topological polar surface area (TPSA) is 65.2 Å². The molecule has 0 radical (unpaired) electrons. The number of nitrogens with zero attached hydrogens (tertiary/aromatic N) is 2. The SMILES string of the molecule is COc1cc(C(=O)Cc2ccoc2)ncn1. The van der Waals surface area contributed by atoms with Crippen molar-refractivity contribution in [2.24, 2.45) is 0 Å². The highest BCUT2D eigenvalue weighted by Crippen LogP contribution is 2.10. The summed E-state index contributed by atoms with van der Waals surface area (Å²) in [5.41, 5.74) is 1.16. The second-order valence-electron chi connectivity index (χ2n) is 3.18. The van der Waals surface area contributed by atoms with Crippen LogP contribution in [0.25, 0.3) is 0 Å². The third-order valence-corrected chi connectivity index (χ3v) is 2.08. The predicted octanol–water partition coefficient (Wildman–Crippen LogP) is 1.50. The molecule has 5 nitrogen and oxygen atoms in total. The third kappa shape index (κ3) is 2.25. The van der Waals surface area contributed by atoms with E-state index in [0.717, 1.165) is 5.56 Å². The molecule has 82 valence electrons. The molecule has 0 fully saturated rings. The van der Waals surface area contributed by atoms with Crippen LogP contribution in [-0.2, 0) is 6.42 Å². The summed E-state index contributed by atoms with van der Waals surface area (Å²) in [6.07, 6.45) is 4.64. The Morgan fingerprint density at radius 2 is 2.38 bits per heavy atom. The number of Topliss-reactive ketones (excluding diaryl/α,β-unsaturated/α-hetero) is 1. The highest BCUT2D eigenvalue weighted by Gasteiger charge is 2.10. The number of ether oxygens (including phenoxy) is 1. The summed E-state index contributed by atoms with van der Waals surface area (Å²) in [5, 5.41) is 0. The predicted molar refractivity (Wildman–Crippen MR) is 55.3 cm³/mol. The van der Waals surface area contributed by atoms with Crippen LogP contribution in [0, 0.1) is 0 Å². The molecular formula is C11H10N2O3. The summed E-state index contributed by atoms with van der Waals surface area (Å²) in [4.78, 5) is 19.5. The zero-order valence-corrected chi connectivity index (χ0v) is 8.71. The molecule has 0 aliphatic rings. The van der Waals surface area contributed by atoms with Gasteiger partial charge in [-0.1, -0.05) is 0 Å². The number of hydrogen-bond acceptors (Lipinski definition) is 5. The fourth-order valence-electron chi connectivity index (χ4n) is 1.27.